The summed E-state index contributed by atoms with van der Waals surface area (Å²) in [5, 5.41) is 21.6. The molecule has 10 heteroatoms. The Morgan fingerprint density at radius 1 is 1.11 bits per heavy atom. The second-order valence-electron chi connectivity index (χ2n) is 8.79. The zero-order chi connectivity index (χ0) is 26.2. The highest BCUT2D eigenvalue weighted by Crippen LogP contribution is 2.27. The predicted octanol–water partition coefficient (Wildman–Crippen LogP) is 1.35. The smallest absolute Gasteiger partial charge is 0.324 e. The van der Waals surface area contributed by atoms with Crippen molar-refractivity contribution >= 4 is 29.5 Å². The molecule has 0 spiro atoms. The second kappa shape index (κ2) is 12.3. The van der Waals surface area contributed by atoms with E-state index in [4.69, 9.17) is 15.6 Å². The number of aryl methyl sites for hydroxylation is 2. The lowest BCUT2D eigenvalue weighted by atomic mass is 10.0. The summed E-state index contributed by atoms with van der Waals surface area (Å²) < 4.78 is 5.36. The van der Waals surface area contributed by atoms with E-state index in [0.717, 1.165) is 11.1 Å². The summed E-state index contributed by atoms with van der Waals surface area (Å²) in [6.45, 7) is 0.880. The van der Waals surface area contributed by atoms with E-state index < -0.39 is 54.6 Å². The Morgan fingerprint density at radius 3 is 2.44 bits per heavy atom. The minimum atomic E-state index is -1.40. The summed E-state index contributed by atoms with van der Waals surface area (Å²) in [4.78, 5) is 50.5. The van der Waals surface area contributed by atoms with Gasteiger partial charge in [-0.2, -0.15) is 0 Å². The van der Waals surface area contributed by atoms with E-state index >= 15 is 0 Å². The second-order valence-corrected chi connectivity index (χ2v) is 8.79. The van der Waals surface area contributed by atoms with Gasteiger partial charge in [0.2, 0.25) is 5.91 Å². The third-order valence-electron chi connectivity index (χ3n) is 6.19. The van der Waals surface area contributed by atoms with Crippen LogP contribution in [0.1, 0.15) is 30.9 Å². The first kappa shape index (κ1) is 26.8. The lowest BCUT2D eigenvalue weighted by Crippen LogP contribution is -2.54. The molecular weight excluding hydrogens is 466 g/mol. The number of ether oxygens (including phenoxy) is 1. The van der Waals surface area contributed by atoms with E-state index in [0.29, 0.717) is 24.9 Å². The number of aliphatic carboxylic acids is 2. The van der Waals surface area contributed by atoms with Crippen LogP contribution < -0.4 is 16.0 Å². The van der Waals surface area contributed by atoms with Crippen LogP contribution >= 0.6 is 0 Å². The third kappa shape index (κ3) is 6.89. The maximum absolute atomic E-state index is 13.4. The molecular formula is C26H31N3O7. The van der Waals surface area contributed by atoms with Crippen molar-refractivity contribution in [3.05, 3.63) is 65.7 Å². The van der Waals surface area contributed by atoms with Crippen LogP contribution in [-0.2, 0) is 36.8 Å². The lowest BCUT2D eigenvalue weighted by molar-refractivity contribution is -0.156. The molecule has 36 heavy (non-hydrogen) atoms. The summed E-state index contributed by atoms with van der Waals surface area (Å²) in [5.74, 6) is -3.65. The van der Waals surface area contributed by atoms with E-state index in [-0.39, 0.29) is 6.42 Å². The molecule has 0 saturated carbocycles. The highest BCUT2D eigenvalue weighted by atomic mass is 16.5. The number of amides is 1. The molecule has 2 aromatic carbocycles. The van der Waals surface area contributed by atoms with Crippen LogP contribution in [0.25, 0.3) is 0 Å². The Hall–Kier alpha value is -3.76. The Labute approximate surface area is 209 Å². The van der Waals surface area contributed by atoms with Crippen LogP contribution in [-0.4, -0.2) is 64.8 Å². The van der Waals surface area contributed by atoms with Crippen LogP contribution in [0.4, 0.5) is 5.69 Å². The number of fused-ring (bicyclic) bond motifs is 1. The zero-order valence-electron chi connectivity index (χ0n) is 20.0. The fourth-order valence-corrected chi connectivity index (χ4v) is 4.18. The van der Waals surface area contributed by atoms with Gasteiger partial charge in [0.15, 0.2) is 0 Å². The molecule has 0 aliphatic carbocycles. The quantitative estimate of drug-likeness (QED) is 0.336. The van der Waals surface area contributed by atoms with Gasteiger partial charge in [-0.3, -0.25) is 29.4 Å². The molecule has 0 saturated heterocycles. The van der Waals surface area contributed by atoms with Crippen molar-refractivity contribution in [2.75, 3.05) is 11.4 Å². The topological polar surface area (TPSA) is 159 Å². The number of benzene rings is 2. The molecule has 192 valence electrons. The SMILES string of the molecule is C[C@@H](OC(=O)[C@H](CCc1ccccc1)N[C@@H]1CCc2ccccc2N(CC(=O)O)C1=O)[C@H](N)C(=O)O. The van der Waals surface area contributed by atoms with E-state index in [9.17, 15) is 24.3 Å². The zero-order valence-corrected chi connectivity index (χ0v) is 20.0. The molecule has 10 nitrogen and oxygen atoms in total. The fraction of sp³-hybridized carbons (Fsp3) is 0.385. The standard InChI is InChI=1S/C26H31N3O7/c1-16(23(27)25(33)34)36-26(35)20(13-11-17-7-3-2-4-8-17)28-19-14-12-18-9-5-6-10-21(18)29(24(19)32)15-22(30)31/h2-10,16,19-20,23,28H,11-15,27H2,1H3,(H,30,31)(H,33,34)/t16-,19-,20+,23+/m1/s1. The van der Waals surface area contributed by atoms with Crippen LogP contribution in [0.15, 0.2) is 54.6 Å². The highest BCUT2D eigenvalue weighted by Gasteiger charge is 2.35. The first-order chi connectivity index (χ1) is 17.2. The Bertz CT molecular complexity index is 1090. The number of nitrogens with zero attached hydrogens (tertiary/aromatic N) is 1. The van der Waals surface area contributed by atoms with Crippen LogP contribution in [0.5, 0.6) is 0 Å². The number of carboxylic acid groups (broad SMARTS) is 2. The lowest BCUT2D eigenvalue weighted by Gasteiger charge is -2.28. The summed E-state index contributed by atoms with van der Waals surface area (Å²) in [5.41, 5.74) is 7.93. The number of esters is 1. The van der Waals surface area contributed by atoms with Crippen molar-refractivity contribution in [3.8, 4) is 0 Å². The first-order valence-corrected chi connectivity index (χ1v) is 11.8. The predicted molar refractivity (Wildman–Crippen MR) is 131 cm³/mol. The molecule has 1 aliphatic rings. The fourth-order valence-electron chi connectivity index (χ4n) is 4.18. The summed E-state index contributed by atoms with van der Waals surface area (Å²) >= 11 is 0. The minimum Gasteiger partial charge on any atom is -0.480 e. The van der Waals surface area contributed by atoms with Gasteiger partial charge in [-0.25, -0.2) is 0 Å². The number of hydrogen-bond acceptors (Lipinski definition) is 7. The number of carbonyl (C=O) groups is 4. The number of anilines is 1. The number of rotatable bonds is 11. The van der Waals surface area contributed by atoms with Crippen LogP contribution in [0, 0.1) is 0 Å². The molecule has 0 aromatic heterocycles. The number of carboxylic acids is 2. The van der Waals surface area contributed by atoms with Gasteiger partial charge in [0.1, 0.15) is 24.7 Å². The van der Waals surface area contributed by atoms with Crippen molar-refractivity contribution in [3.63, 3.8) is 0 Å². The molecule has 5 N–H and O–H groups in total. The number of para-hydroxylation sites is 1. The molecule has 0 unspecified atom stereocenters. The monoisotopic (exact) mass is 497 g/mol. The first-order valence-electron chi connectivity index (χ1n) is 11.8. The van der Waals surface area contributed by atoms with Gasteiger partial charge in [0.05, 0.1) is 6.04 Å². The van der Waals surface area contributed by atoms with Gasteiger partial charge >= 0.3 is 17.9 Å². The van der Waals surface area contributed by atoms with E-state index in [1.807, 2.05) is 42.5 Å². The molecule has 4 atom stereocenters. The molecule has 1 aliphatic heterocycles. The van der Waals surface area contributed by atoms with Crippen molar-refractivity contribution in [2.24, 2.45) is 5.73 Å². The maximum atomic E-state index is 13.4. The molecule has 0 radical (unpaired) electrons. The number of hydrogen-bond donors (Lipinski definition) is 4. The maximum Gasteiger partial charge on any atom is 0.324 e. The van der Waals surface area contributed by atoms with Crippen LogP contribution in [0.3, 0.4) is 0 Å². The Morgan fingerprint density at radius 2 is 1.78 bits per heavy atom. The van der Waals surface area contributed by atoms with Crippen molar-refractivity contribution in [1.29, 1.82) is 0 Å². The van der Waals surface area contributed by atoms with Crippen molar-refractivity contribution in [2.45, 2.75) is 56.8 Å². The van der Waals surface area contributed by atoms with Gasteiger partial charge in [-0.15, -0.1) is 0 Å². The van der Waals surface area contributed by atoms with Crippen molar-refractivity contribution in [1.82, 2.24) is 5.32 Å². The van der Waals surface area contributed by atoms with E-state index in [1.54, 1.807) is 12.1 Å². The van der Waals surface area contributed by atoms with Gasteiger partial charge in [-0.1, -0.05) is 48.5 Å². The Balaban J connectivity index is 1.82. The molecule has 0 fully saturated rings. The summed E-state index contributed by atoms with van der Waals surface area (Å²) in [7, 11) is 0. The molecule has 2 aromatic rings. The summed E-state index contributed by atoms with van der Waals surface area (Å²) in [6, 6.07) is 13.4. The van der Waals surface area contributed by atoms with Crippen molar-refractivity contribution < 1.29 is 34.1 Å². The average molecular weight is 498 g/mol. The third-order valence-corrected chi connectivity index (χ3v) is 6.19. The molecule has 1 heterocycles. The van der Waals surface area contributed by atoms with Crippen LogP contribution in [0.2, 0.25) is 0 Å². The Kier molecular flexibility index (Phi) is 9.15. The van der Waals surface area contributed by atoms with Gasteiger partial charge in [0.25, 0.3) is 0 Å². The average Bonchev–Trinajstić information content (AvgIpc) is 2.98. The molecule has 0 bridgehead atoms. The minimum absolute atomic E-state index is 0.271. The number of nitrogens with two attached hydrogens (primary N) is 1. The molecule has 1 amide bonds. The number of nitrogens with one attached hydrogen (secondary N) is 1. The normalized spacial score (nSPS) is 17.9. The van der Waals surface area contributed by atoms with Gasteiger partial charge < -0.3 is 20.7 Å². The van der Waals surface area contributed by atoms with Gasteiger partial charge in [0, 0.05) is 5.69 Å². The van der Waals surface area contributed by atoms with E-state index in [1.165, 1.54) is 11.8 Å². The van der Waals surface area contributed by atoms with Gasteiger partial charge in [-0.05, 0) is 49.8 Å². The molecule has 3 rings (SSSR count). The number of carbonyl (C=O) groups excluding carboxylic acids is 2. The largest absolute Gasteiger partial charge is 0.480 e. The van der Waals surface area contributed by atoms with E-state index in [2.05, 4.69) is 5.32 Å². The summed E-state index contributed by atoms with van der Waals surface area (Å²) in [6.07, 6.45) is 0.510. The highest BCUT2D eigenvalue weighted by molar-refractivity contribution is 6.02.